The summed E-state index contributed by atoms with van der Waals surface area (Å²) in [6.45, 7) is 10.1. The van der Waals surface area contributed by atoms with Gasteiger partial charge < -0.3 is 15.5 Å². The smallest absolute Gasteiger partial charge is 0.191 e. The van der Waals surface area contributed by atoms with E-state index in [4.69, 9.17) is 0 Å². The normalized spacial score (nSPS) is 20.7. The van der Waals surface area contributed by atoms with Crippen molar-refractivity contribution in [3.05, 3.63) is 22.4 Å². The minimum atomic E-state index is 0. The molecule has 0 bridgehead atoms. The highest BCUT2D eigenvalue weighted by Gasteiger charge is 2.15. The second-order valence-corrected chi connectivity index (χ2v) is 7.17. The molecule has 2 rings (SSSR count). The zero-order chi connectivity index (χ0) is 15.8. The maximum Gasteiger partial charge on any atom is 0.191 e. The van der Waals surface area contributed by atoms with Crippen LogP contribution in [0.4, 0.5) is 0 Å². The van der Waals surface area contributed by atoms with E-state index < -0.39 is 0 Å². The van der Waals surface area contributed by atoms with Crippen molar-refractivity contribution in [3.63, 3.8) is 0 Å². The number of thiophene rings is 1. The fraction of sp³-hybridized carbons (Fsp3) is 0.706. The predicted molar refractivity (Wildman–Crippen MR) is 112 cm³/mol. The van der Waals surface area contributed by atoms with Crippen LogP contribution in [-0.2, 0) is 0 Å². The van der Waals surface area contributed by atoms with E-state index in [0.29, 0.717) is 5.92 Å². The van der Waals surface area contributed by atoms with Gasteiger partial charge in [-0.3, -0.25) is 4.99 Å². The van der Waals surface area contributed by atoms with Crippen molar-refractivity contribution in [2.24, 2.45) is 10.9 Å². The Hall–Kier alpha value is -0.340. The molecule has 6 heteroatoms. The number of hydrogen-bond donors (Lipinski definition) is 2. The van der Waals surface area contributed by atoms with E-state index in [-0.39, 0.29) is 24.0 Å². The van der Waals surface area contributed by atoms with Gasteiger partial charge in [-0.2, -0.15) is 11.3 Å². The Kier molecular flexibility index (Phi) is 10.1. The second kappa shape index (κ2) is 11.3. The zero-order valence-electron chi connectivity index (χ0n) is 14.5. The molecule has 1 aromatic rings. The summed E-state index contributed by atoms with van der Waals surface area (Å²) in [5, 5.41) is 11.2. The molecule has 4 nitrogen and oxygen atoms in total. The lowest BCUT2D eigenvalue weighted by molar-refractivity contribution is 0.187. The number of nitrogens with zero attached hydrogens (tertiary/aromatic N) is 2. The van der Waals surface area contributed by atoms with Gasteiger partial charge in [-0.15, -0.1) is 24.0 Å². The van der Waals surface area contributed by atoms with Crippen molar-refractivity contribution in [2.45, 2.75) is 32.6 Å². The number of halogens is 1. The van der Waals surface area contributed by atoms with Gasteiger partial charge in [0.2, 0.25) is 0 Å². The molecule has 0 saturated carbocycles. The van der Waals surface area contributed by atoms with Crippen LogP contribution >= 0.6 is 35.3 Å². The fourth-order valence-corrected chi connectivity index (χ4v) is 3.75. The minimum Gasteiger partial charge on any atom is -0.356 e. The fourth-order valence-electron chi connectivity index (χ4n) is 2.97. The van der Waals surface area contributed by atoms with Crippen LogP contribution in [0.25, 0.3) is 0 Å². The van der Waals surface area contributed by atoms with Gasteiger partial charge in [-0.25, -0.2) is 0 Å². The van der Waals surface area contributed by atoms with Crippen molar-refractivity contribution in [1.29, 1.82) is 0 Å². The van der Waals surface area contributed by atoms with Crippen LogP contribution in [0, 0.1) is 5.92 Å². The third-order valence-corrected chi connectivity index (χ3v) is 5.07. The molecule has 0 radical (unpaired) electrons. The number of nitrogens with one attached hydrogen (secondary N) is 2. The van der Waals surface area contributed by atoms with Gasteiger partial charge in [0.25, 0.3) is 0 Å². The lowest BCUT2D eigenvalue weighted by Gasteiger charge is -2.30. The molecule has 0 aliphatic carbocycles. The minimum absolute atomic E-state index is 0. The number of aliphatic imine (C=N–C) groups is 1. The van der Waals surface area contributed by atoms with Crippen molar-refractivity contribution >= 4 is 41.3 Å². The molecule has 2 N–H and O–H groups in total. The van der Waals surface area contributed by atoms with Crippen LogP contribution in [0.2, 0.25) is 0 Å². The van der Waals surface area contributed by atoms with Crippen LogP contribution in [0.1, 0.15) is 38.2 Å². The molecule has 23 heavy (non-hydrogen) atoms. The highest BCUT2D eigenvalue weighted by Crippen LogP contribution is 2.17. The molecular weight excluding hydrogens is 419 g/mol. The number of rotatable bonds is 6. The Morgan fingerprint density at radius 1 is 1.48 bits per heavy atom. The summed E-state index contributed by atoms with van der Waals surface area (Å²) < 4.78 is 0. The van der Waals surface area contributed by atoms with E-state index in [1.165, 1.54) is 31.5 Å². The van der Waals surface area contributed by atoms with Crippen LogP contribution in [-0.4, -0.2) is 50.6 Å². The molecule has 1 aliphatic heterocycles. The molecule has 1 saturated heterocycles. The first-order valence-electron chi connectivity index (χ1n) is 8.38. The average molecular weight is 450 g/mol. The Balaban J connectivity index is 0.00000264. The number of guanidine groups is 1. The third kappa shape index (κ3) is 7.39. The highest BCUT2D eigenvalue weighted by molar-refractivity contribution is 14.0. The van der Waals surface area contributed by atoms with Crippen LogP contribution in [0.15, 0.2) is 21.8 Å². The standard InChI is InChI=1S/C17H30N4S.HI/c1-14-5-4-8-21(12-14)9-7-19-17(18-3)20-11-15(2)16-6-10-22-13-16;/h6,10,13-15H,4-5,7-9,11-12H2,1-3H3,(H2,18,19,20);1H. The molecule has 132 valence electrons. The lowest BCUT2D eigenvalue weighted by atomic mass is 10.0. The molecule has 0 aromatic carbocycles. The summed E-state index contributed by atoms with van der Waals surface area (Å²) in [6, 6.07) is 2.20. The Bertz CT molecular complexity index is 449. The summed E-state index contributed by atoms with van der Waals surface area (Å²) in [7, 11) is 1.84. The first-order chi connectivity index (χ1) is 10.7. The van der Waals surface area contributed by atoms with Crippen molar-refractivity contribution in [2.75, 3.05) is 39.8 Å². The molecule has 0 spiro atoms. The predicted octanol–water partition coefficient (Wildman–Crippen LogP) is 3.37. The van der Waals surface area contributed by atoms with Crippen molar-refractivity contribution in [3.8, 4) is 0 Å². The van der Waals surface area contributed by atoms with Crippen LogP contribution in [0.5, 0.6) is 0 Å². The Morgan fingerprint density at radius 2 is 2.30 bits per heavy atom. The second-order valence-electron chi connectivity index (χ2n) is 6.39. The molecule has 1 fully saturated rings. The maximum atomic E-state index is 4.32. The maximum absolute atomic E-state index is 4.32. The lowest BCUT2D eigenvalue weighted by Crippen LogP contribution is -2.44. The van der Waals surface area contributed by atoms with Gasteiger partial charge in [-0.1, -0.05) is 13.8 Å². The van der Waals surface area contributed by atoms with Gasteiger partial charge in [0.05, 0.1) is 0 Å². The molecule has 2 atom stereocenters. The largest absolute Gasteiger partial charge is 0.356 e. The summed E-state index contributed by atoms with van der Waals surface area (Å²) in [6.07, 6.45) is 2.72. The molecule has 2 heterocycles. The summed E-state index contributed by atoms with van der Waals surface area (Å²) in [5.74, 6) is 2.26. The van der Waals surface area contributed by atoms with Gasteiger partial charge in [-0.05, 0) is 53.6 Å². The van der Waals surface area contributed by atoms with Crippen molar-refractivity contribution < 1.29 is 0 Å². The van der Waals surface area contributed by atoms with Gasteiger partial charge in [0.15, 0.2) is 5.96 Å². The Labute approximate surface area is 162 Å². The monoisotopic (exact) mass is 450 g/mol. The topological polar surface area (TPSA) is 39.7 Å². The Morgan fingerprint density at radius 3 is 2.96 bits per heavy atom. The van der Waals surface area contributed by atoms with Gasteiger partial charge in [0.1, 0.15) is 0 Å². The number of hydrogen-bond acceptors (Lipinski definition) is 3. The number of likely N-dealkylation sites (tertiary alicyclic amines) is 1. The summed E-state index contributed by atoms with van der Waals surface area (Å²) >= 11 is 1.76. The SMILES string of the molecule is CN=C(NCCN1CCCC(C)C1)NCC(C)c1ccsc1.I. The van der Waals surface area contributed by atoms with Crippen LogP contribution < -0.4 is 10.6 Å². The van der Waals surface area contributed by atoms with Gasteiger partial charge in [0, 0.05) is 33.2 Å². The van der Waals surface area contributed by atoms with Crippen LogP contribution in [0.3, 0.4) is 0 Å². The van der Waals surface area contributed by atoms with E-state index >= 15 is 0 Å². The average Bonchev–Trinajstić information content (AvgIpc) is 3.05. The molecular formula is C17H31IN4S. The molecule has 0 amide bonds. The zero-order valence-corrected chi connectivity index (χ0v) is 17.7. The highest BCUT2D eigenvalue weighted by atomic mass is 127. The summed E-state index contributed by atoms with van der Waals surface area (Å²) in [5.41, 5.74) is 1.40. The van der Waals surface area contributed by atoms with E-state index in [9.17, 15) is 0 Å². The van der Waals surface area contributed by atoms with E-state index in [1.807, 2.05) is 7.05 Å². The number of piperidine rings is 1. The van der Waals surface area contributed by atoms with E-state index in [2.05, 4.69) is 51.2 Å². The third-order valence-electron chi connectivity index (χ3n) is 4.37. The van der Waals surface area contributed by atoms with Crippen molar-refractivity contribution in [1.82, 2.24) is 15.5 Å². The summed E-state index contributed by atoms with van der Waals surface area (Å²) in [4.78, 5) is 6.88. The molecule has 1 aliphatic rings. The first-order valence-corrected chi connectivity index (χ1v) is 9.32. The molecule has 1 aromatic heterocycles. The van der Waals surface area contributed by atoms with E-state index in [0.717, 1.165) is 31.5 Å². The first kappa shape index (κ1) is 20.7. The van der Waals surface area contributed by atoms with E-state index in [1.54, 1.807) is 11.3 Å². The molecule has 2 unspecified atom stereocenters. The van der Waals surface area contributed by atoms with Gasteiger partial charge >= 0.3 is 0 Å². The quantitative estimate of drug-likeness (QED) is 0.397.